The summed E-state index contributed by atoms with van der Waals surface area (Å²) in [5, 5.41) is 45.4. The Morgan fingerprint density at radius 1 is 0.606 bits per heavy atom. The number of nitrogens with zero attached hydrogens (tertiary/aromatic N) is 2. The molecule has 4 unspecified atom stereocenters. The van der Waals surface area contributed by atoms with Gasteiger partial charge in [0.1, 0.15) is 11.5 Å². The third kappa shape index (κ3) is 6.41. The van der Waals surface area contributed by atoms with Crippen LogP contribution in [-0.4, -0.2) is 140 Å². The monoisotopic (exact) mass is 902 g/mol. The molecule has 0 aromatic heterocycles. The number of amides is 2. The van der Waals surface area contributed by atoms with Crippen molar-refractivity contribution in [3.05, 3.63) is 57.6 Å². The van der Waals surface area contributed by atoms with Gasteiger partial charge in [-0.3, -0.25) is 57.7 Å². The van der Waals surface area contributed by atoms with Crippen LogP contribution in [0.5, 0.6) is 11.5 Å². The van der Waals surface area contributed by atoms with E-state index in [9.17, 15) is 68.4 Å². The number of rotatable bonds is 5. The highest BCUT2D eigenvalue weighted by molar-refractivity contribution is 6.33. The maximum absolute atomic E-state index is 14.1. The molecular weight excluding hydrogens is 857 g/mol. The van der Waals surface area contributed by atoms with E-state index in [2.05, 4.69) is 23.7 Å². The smallest absolute Gasteiger partial charge is 0.235 e. The van der Waals surface area contributed by atoms with Gasteiger partial charge in [0.25, 0.3) is 0 Å². The Bertz CT molecular complexity index is 2600. The number of unbranched alkanes of at least 4 members (excludes halogenated alkanes) is 1. The molecule has 0 radical (unpaired) electrons. The van der Waals surface area contributed by atoms with Crippen LogP contribution in [0.25, 0.3) is 0 Å². The van der Waals surface area contributed by atoms with Crippen LogP contribution in [-0.2, 0) is 51.2 Å². The average molecular weight is 903 g/mol. The van der Waals surface area contributed by atoms with Crippen LogP contribution >= 0.6 is 0 Å². The fourth-order valence-electron chi connectivity index (χ4n) is 11.9. The molecule has 2 aromatic carbocycles. The molecule has 18 nitrogen and oxygen atoms in total. The molecule has 8 N–H and O–H groups in total. The molecule has 0 spiro atoms. The summed E-state index contributed by atoms with van der Waals surface area (Å²) in [7, 11) is 5.99. The average Bonchev–Trinajstić information content (AvgIpc) is 3.22. The fourth-order valence-corrected chi connectivity index (χ4v) is 11.9. The van der Waals surface area contributed by atoms with E-state index in [1.54, 1.807) is 0 Å². The molecule has 66 heavy (non-hydrogen) atoms. The molecule has 342 valence electrons. The van der Waals surface area contributed by atoms with Crippen molar-refractivity contribution < 1.29 is 68.4 Å². The number of carbonyl (C=O) groups excluding carboxylic acids is 10. The van der Waals surface area contributed by atoms with Crippen LogP contribution in [0.2, 0.25) is 0 Å². The first kappa shape index (κ1) is 45.9. The molecule has 8 rings (SSSR count). The van der Waals surface area contributed by atoms with E-state index in [-0.39, 0.29) is 49.7 Å². The van der Waals surface area contributed by atoms with Gasteiger partial charge in [-0.15, -0.1) is 0 Å². The summed E-state index contributed by atoms with van der Waals surface area (Å²) in [6.45, 7) is 0. The Hall–Kier alpha value is -6.70. The van der Waals surface area contributed by atoms with Gasteiger partial charge in [-0.1, -0.05) is 23.7 Å². The quantitative estimate of drug-likeness (QED) is 0.110. The van der Waals surface area contributed by atoms with Crippen LogP contribution in [0.4, 0.5) is 0 Å². The van der Waals surface area contributed by atoms with Crippen LogP contribution in [0, 0.1) is 71.0 Å². The Balaban J connectivity index is 1.03. The van der Waals surface area contributed by atoms with E-state index < -0.39 is 140 Å². The van der Waals surface area contributed by atoms with E-state index in [1.165, 1.54) is 62.3 Å². The number of Topliss-reactive ketones (excluding diaryl/α,β-unsaturated/α-hetero) is 8. The Labute approximate surface area is 377 Å². The SMILES string of the molecule is CN(C)[C@@H]1C(=O)C(C(N)=O)C(=O)[C@@]2(O)C(=O)C3C(=O)c4c(O)ccc(C#CCCC#Cc5ccc(O)c6c5C[C@H]5C[C@H]7[C@H](N(C)C)C(=O)C(C(N)=O)C(=O)[C@@]7(O)C(=O)C5C6=O)c4C[C@H]3C[C@@H]12. The number of likely N-dealkylation sites (N-methyl/N-ethyl adjacent to an activating group) is 2. The number of primary amides is 2. The number of aromatic hydroxyl groups is 2. The van der Waals surface area contributed by atoms with E-state index in [4.69, 9.17) is 11.5 Å². The minimum Gasteiger partial charge on any atom is -0.507 e. The molecule has 0 aliphatic heterocycles. The zero-order chi connectivity index (χ0) is 48.2. The highest BCUT2D eigenvalue weighted by Gasteiger charge is 2.71. The Morgan fingerprint density at radius 2 is 0.955 bits per heavy atom. The van der Waals surface area contributed by atoms with Crippen molar-refractivity contribution in [3.63, 3.8) is 0 Å². The normalized spacial score (nSPS) is 33.3. The van der Waals surface area contributed by atoms with Gasteiger partial charge in [0.15, 0.2) is 69.3 Å². The lowest BCUT2D eigenvalue weighted by Gasteiger charge is -2.52. The summed E-state index contributed by atoms with van der Waals surface area (Å²) < 4.78 is 0. The zero-order valence-corrected chi connectivity index (χ0v) is 36.2. The Morgan fingerprint density at radius 3 is 1.27 bits per heavy atom. The van der Waals surface area contributed by atoms with Crippen molar-refractivity contribution >= 4 is 58.1 Å². The molecule has 18 heteroatoms. The van der Waals surface area contributed by atoms with Crippen LogP contribution in [0.15, 0.2) is 24.3 Å². The number of fused-ring (bicyclic) bond motifs is 6. The van der Waals surface area contributed by atoms with Gasteiger partial charge in [0.05, 0.1) is 35.0 Å². The number of hydrogen-bond acceptors (Lipinski definition) is 16. The Kier molecular flexibility index (Phi) is 11.1. The first-order valence-electron chi connectivity index (χ1n) is 21.4. The number of aliphatic hydroxyl groups is 2. The molecular formula is C48H46N4O14. The molecule has 0 saturated heterocycles. The van der Waals surface area contributed by atoms with Gasteiger partial charge < -0.3 is 31.9 Å². The summed E-state index contributed by atoms with van der Waals surface area (Å²) in [4.78, 5) is 138. The van der Waals surface area contributed by atoms with Crippen molar-refractivity contribution in [2.45, 2.75) is 61.8 Å². The number of ketones is 8. The lowest BCUT2D eigenvalue weighted by Crippen LogP contribution is -2.74. The van der Waals surface area contributed by atoms with Gasteiger partial charge in [0, 0.05) is 35.8 Å². The lowest BCUT2D eigenvalue weighted by atomic mass is 9.52. The van der Waals surface area contributed by atoms with Crippen LogP contribution in [0.1, 0.15) is 68.7 Å². The predicted molar refractivity (Wildman–Crippen MR) is 226 cm³/mol. The molecule has 0 bridgehead atoms. The topological polar surface area (TPSA) is 310 Å². The van der Waals surface area contributed by atoms with Crippen molar-refractivity contribution in [1.29, 1.82) is 0 Å². The van der Waals surface area contributed by atoms with Crippen LogP contribution in [0.3, 0.4) is 0 Å². The van der Waals surface area contributed by atoms with Crippen molar-refractivity contribution in [2.24, 2.45) is 58.8 Å². The third-order valence-corrected chi connectivity index (χ3v) is 14.7. The van der Waals surface area contributed by atoms with Gasteiger partial charge >= 0.3 is 0 Å². The minimum absolute atomic E-state index is 0.0263. The maximum atomic E-state index is 14.1. The van der Waals surface area contributed by atoms with Crippen molar-refractivity contribution in [2.75, 3.05) is 28.2 Å². The number of benzene rings is 2. The van der Waals surface area contributed by atoms with Crippen LogP contribution < -0.4 is 11.5 Å². The highest BCUT2D eigenvalue weighted by atomic mass is 16.3. The third-order valence-electron chi connectivity index (χ3n) is 14.7. The zero-order valence-electron chi connectivity index (χ0n) is 36.2. The maximum Gasteiger partial charge on any atom is 0.235 e. The summed E-state index contributed by atoms with van der Waals surface area (Å²) in [5.74, 6) is -11.4. The minimum atomic E-state index is -2.85. The summed E-state index contributed by atoms with van der Waals surface area (Å²) in [5.41, 5.74) is 6.10. The standard InChI is InChI=1S/C48H46N4O14/c1-51(2)35-25-17-21-15-23-19(11-13-27(53)31(23)37(55)29(21)41(59)47(25,65)43(61)33(39(35)57)45(49)63)9-7-5-6-8-10-20-12-14-28(54)32-24(20)16-22-18-26-36(52(3)4)40(58)34(46(50)64)44(62)48(26,66)42(60)30(22)38(32)56/h11-14,21-22,25-26,29-30,33-36,53-54,65-66H,5-6,15-18H2,1-4H3,(H2,49,63)(H2,50,64)/t21-,22-,25-,26-,29?,30?,33?,34?,35-,36-,47-,48-/m0/s1. The molecule has 2 aromatic rings. The number of carbonyl (C=O) groups is 10. The summed E-state index contributed by atoms with van der Waals surface area (Å²) in [6.07, 6.45) is 0.178. The second-order valence-electron chi connectivity index (χ2n) is 18.7. The fraction of sp³-hybridized carbons (Fsp3) is 0.458. The lowest BCUT2D eigenvalue weighted by molar-refractivity contribution is -0.183. The van der Waals surface area contributed by atoms with Gasteiger partial charge in [0.2, 0.25) is 11.8 Å². The number of phenolic OH excluding ortho intramolecular Hbond substituents is 2. The van der Waals surface area contributed by atoms with E-state index in [0.717, 1.165) is 0 Å². The van der Waals surface area contributed by atoms with Gasteiger partial charge in [-0.2, -0.15) is 0 Å². The molecule has 6 aliphatic rings. The van der Waals surface area contributed by atoms with Gasteiger partial charge in [-0.05, 0) is 101 Å². The predicted octanol–water partition coefficient (Wildman–Crippen LogP) is -1.77. The number of phenols is 2. The highest BCUT2D eigenvalue weighted by Crippen LogP contribution is 2.53. The first-order chi connectivity index (χ1) is 31.0. The summed E-state index contributed by atoms with van der Waals surface area (Å²) in [6, 6.07) is 3.01. The second kappa shape index (κ2) is 16.0. The van der Waals surface area contributed by atoms with Crippen molar-refractivity contribution in [1.82, 2.24) is 9.80 Å². The number of nitrogens with two attached hydrogens (primary N) is 2. The first-order valence-corrected chi connectivity index (χ1v) is 21.4. The molecule has 12 atom stereocenters. The number of hydrogen-bond donors (Lipinski definition) is 6. The van der Waals surface area contributed by atoms with E-state index in [0.29, 0.717) is 22.3 Å². The molecule has 4 saturated carbocycles. The van der Waals surface area contributed by atoms with E-state index in [1.807, 2.05) is 0 Å². The summed E-state index contributed by atoms with van der Waals surface area (Å²) >= 11 is 0. The second-order valence-corrected chi connectivity index (χ2v) is 18.7. The molecule has 2 amide bonds. The molecule has 6 aliphatic carbocycles. The molecule has 0 heterocycles. The van der Waals surface area contributed by atoms with Gasteiger partial charge in [-0.25, -0.2) is 0 Å². The molecule has 4 fully saturated rings. The van der Waals surface area contributed by atoms with E-state index >= 15 is 0 Å². The largest absolute Gasteiger partial charge is 0.507 e. The van der Waals surface area contributed by atoms with Crippen molar-refractivity contribution in [3.8, 4) is 35.2 Å².